The van der Waals surface area contributed by atoms with Crippen LogP contribution in [0.1, 0.15) is 39.7 Å². The second-order valence-corrected chi connectivity index (χ2v) is 9.43. The van der Waals surface area contributed by atoms with E-state index in [1.54, 1.807) is 26.0 Å². The van der Waals surface area contributed by atoms with Crippen LogP contribution < -0.4 is 0 Å². The van der Waals surface area contributed by atoms with Crippen LogP contribution in [0.5, 0.6) is 0 Å². The molecule has 0 aliphatic carbocycles. The zero-order valence-electron chi connectivity index (χ0n) is 20.8. The number of hydrogen-bond acceptors (Lipinski definition) is 10. The lowest BCUT2D eigenvalue weighted by atomic mass is 9.99. The van der Waals surface area contributed by atoms with E-state index < -0.39 is 60.6 Å². The summed E-state index contributed by atoms with van der Waals surface area (Å²) >= 11 is 0. The monoisotopic (exact) mass is 504 g/mol. The van der Waals surface area contributed by atoms with Gasteiger partial charge in [0, 0.05) is 20.3 Å². The fourth-order valence-electron chi connectivity index (χ4n) is 4.46. The van der Waals surface area contributed by atoms with E-state index >= 15 is 0 Å². The second-order valence-electron chi connectivity index (χ2n) is 9.43. The summed E-state index contributed by atoms with van der Waals surface area (Å²) in [5, 5.41) is 0. The smallest absolute Gasteiger partial charge is 0.303 e. The zero-order valence-corrected chi connectivity index (χ0v) is 20.8. The minimum absolute atomic E-state index is 0.0292. The predicted octanol–water partition coefficient (Wildman–Crippen LogP) is 2.23. The molecular formula is C26H32O10. The molecular weight excluding hydrogens is 472 g/mol. The first-order valence-electron chi connectivity index (χ1n) is 11.9. The highest BCUT2D eigenvalue weighted by Gasteiger charge is 2.57. The molecule has 4 rings (SSSR count). The van der Waals surface area contributed by atoms with Crippen molar-refractivity contribution >= 4 is 17.7 Å². The highest BCUT2D eigenvalue weighted by atomic mass is 16.8. The lowest BCUT2D eigenvalue weighted by molar-refractivity contribution is -0.219. The van der Waals surface area contributed by atoms with Crippen molar-refractivity contribution in [3.8, 4) is 0 Å². The van der Waals surface area contributed by atoms with Crippen molar-refractivity contribution in [2.75, 3.05) is 6.61 Å². The van der Waals surface area contributed by atoms with Gasteiger partial charge in [-0.1, -0.05) is 36.4 Å². The summed E-state index contributed by atoms with van der Waals surface area (Å²) in [7, 11) is 0. The van der Waals surface area contributed by atoms with Gasteiger partial charge in [-0.2, -0.15) is 0 Å². The van der Waals surface area contributed by atoms with Gasteiger partial charge < -0.3 is 33.2 Å². The molecule has 0 radical (unpaired) electrons. The molecule has 0 saturated carbocycles. The van der Waals surface area contributed by atoms with E-state index in [1.165, 1.54) is 13.8 Å². The van der Waals surface area contributed by atoms with Crippen molar-refractivity contribution < 1.29 is 47.5 Å². The lowest BCUT2D eigenvalue weighted by Gasteiger charge is -2.32. The number of ether oxygens (including phenoxy) is 7. The van der Waals surface area contributed by atoms with Gasteiger partial charge in [-0.05, 0) is 25.5 Å². The minimum atomic E-state index is -0.921. The van der Waals surface area contributed by atoms with E-state index in [4.69, 9.17) is 33.2 Å². The largest absolute Gasteiger partial charge is 0.463 e. The molecule has 1 aromatic carbocycles. The molecule has 2 saturated heterocycles. The molecule has 36 heavy (non-hydrogen) atoms. The number of hydrogen-bond donors (Lipinski definition) is 0. The molecule has 10 heteroatoms. The molecule has 0 aromatic heterocycles. The topological polar surface area (TPSA) is 116 Å². The van der Waals surface area contributed by atoms with Crippen molar-refractivity contribution in [2.24, 2.45) is 0 Å². The number of carbonyl (C=O) groups excluding carboxylic acids is 3. The van der Waals surface area contributed by atoms with Crippen LogP contribution in [0.3, 0.4) is 0 Å². The average molecular weight is 505 g/mol. The van der Waals surface area contributed by atoms with Gasteiger partial charge in [-0.3, -0.25) is 14.4 Å². The first-order valence-corrected chi connectivity index (χ1v) is 11.9. The Morgan fingerprint density at radius 2 is 1.72 bits per heavy atom. The van der Waals surface area contributed by atoms with Crippen molar-refractivity contribution in [2.45, 2.75) is 89.4 Å². The summed E-state index contributed by atoms with van der Waals surface area (Å²) in [5.41, 5.74) is 0.952. The van der Waals surface area contributed by atoms with Gasteiger partial charge in [0.25, 0.3) is 0 Å². The highest BCUT2D eigenvalue weighted by molar-refractivity contribution is 5.85. The molecule has 0 N–H and O–H groups in total. The molecule has 196 valence electrons. The van der Waals surface area contributed by atoms with E-state index in [2.05, 4.69) is 0 Å². The summed E-state index contributed by atoms with van der Waals surface area (Å²) < 4.78 is 40.2. The molecule has 7 atom stereocenters. The van der Waals surface area contributed by atoms with Crippen molar-refractivity contribution in [1.29, 1.82) is 0 Å². The SMILES string of the molecule is CC(=O)OC[C@H]1O[C@H](CC(=O)[C@H]2O[C@@H]3OC(C)(C)O[C@@H]3[C@H]2OCc2ccccc2)C=C[C@@H]1OC(C)=O. The summed E-state index contributed by atoms with van der Waals surface area (Å²) in [6, 6.07) is 9.61. The third kappa shape index (κ3) is 6.57. The first-order chi connectivity index (χ1) is 17.1. The Balaban J connectivity index is 1.43. The number of rotatable bonds is 9. The van der Waals surface area contributed by atoms with E-state index in [9.17, 15) is 14.4 Å². The summed E-state index contributed by atoms with van der Waals surface area (Å²) in [4.78, 5) is 36.1. The van der Waals surface area contributed by atoms with E-state index in [1.807, 2.05) is 30.3 Å². The van der Waals surface area contributed by atoms with Crippen molar-refractivity contribution in [3.05, 3.63) is 48.0 Å². The number of Topliss-reactive ketones (excluding diaryl/α,β-unsaturated/α-hetero) is 1. The third-order valence-corrected chi connectivity index (χ3v) is 5.98. The molecule has 0 amide bonds. The third-order valence-electron chi connectivity index (χ3n) is 5.98. The van der Waals surface area contributed by atoms with Crippen LogP contribution >= 0.6 is 0 Å². The molecule has 1 aromatic rings. The highest BCUT2D eigenvalue weighted by Crippen LogP contribution is 2.40. The Morgan fingerprint density at radius 3 is 2.42 bits per heavy atom. The standard InChI is InChI=1S/C26H32O10/c1-15(27)30-14-21-20(32-16(2)28)11-10-18(33-21)12-19(29)22-23(31-13-17-8-6-5-7-9-17)24-25(34-22)36-26(3,4)35-24/h5-11,18,20-25H,12-14H2,1-4H3/t18-,20-,21+,22+,23-,24+,25+/m0/s1. The molecule has 0 bridgehead atoms. The van der Waals surface area contributed by atoms with Gasteiger partial charge >= 0.3 is 11.9 Å². The molecule has 3 heterocycles. The van der Waals surface area contributed by atoms with Crippen LogP contribution in [0.4, 0.5) is 0 Å². The molecule has 3 aliphatic rings. The molecule has 0 spiro atoms. The van der Waals surface area contributed by atoms with E-state index in [0.717, 1.165) is 5.56 Å². The van der Waals surface area contributed by atoms with Crippen molar-refractivity contribution in [3.63, 3.8) is 0 Å². The Morgan fingerprint density at radius 1 is 0.972 bits per heavy atom. The number of fused-ring (bicyclic) bond motifs is 1. The summed E-state index contributed by atoms with van der Waals surface area (Å²) in [6.07, 6.45) is -1.75. The fourth-order valence-corrected chi connectivity index (χ4v) is 4.46. The van der Waals surface area contributed by atoms with Crippen LogP contribution in [0.2, 0.25) is 0 Å². The first kappa shape index (κ1) is 26.4. The average Bonchev–Trinajstić information content (AvgIpc) is 3.29. The Hall–Kier alpha value is -2.63. The summed E-state index contributed by atoms with van der Waals surface area (Å²) in [5.74, 6) is -2.10. The maximum Gasteiger partial charge on any atom is 0.303 e. The number of ketones is 1. The van der Waals surface area contributed by atoms with Gasteiger partial charge in [-0.15, -0.1) is 0 Å². The molecule has 10 nitrogen and oxygen atoms in total. The number of benzene rings is 1. The Kier molecular flexibility index (Phi) is 8.21. The van der Waals surface area contributed by atoms with Gasteiger partial charge in [0.2, 0.25) is 0 Å². The Labute approximate surface area is 209 Å². The van der Waals surface area contributed by atoms with Gasteiger partial charge in [0.1, 0.15) is 37.1 Å². The predicted molar refractivity (Wildman–Crippen MR) is 123 cm³/mol. The van der Waals surface area contributed by atoms with E-state index in [0.29, 0.717) is 0 Å². The fraction of sp³-hybridized carbons (Fsp3) is 0.577. The van der Waals surface area contributed by atoms with Gasteiger partial charge in [0.15, 0.2) is 17.9 Å². The van der Waals surface area contributed by atoms with Crippen LogP contribution in [0.25, 0.3) is 0 Å². The normalized spacial score (nSPS) is 32.6. The zero-order chi connectivity index (χ0) is 25.9. The van der Waals surface area contributed by atoms with Gasteiger partial charge in [0.05, 0.1) is 12.7 Å². The Bertz CT molecular complexity index is 974. The van der Waals surface area contributed by atoms with Crippen LogP contribution in [-0.2, 0) is 54.1 Å². The molecule has 0 unspecified atom stereocenters. The van der Waals surface area contributed by atoms with Gasteiger partial charge in [-0.25, -0.2) is 0 Å². The van der Waals surface area contributed by atoms with E-state index in [-0.39, 0.29) is 25.4 Å². The maximum atomic E-state index is 13.4. The van der Waals surface area contributed by atoms with Crippen LogP contribution in [0.15, 0.2) is 42.5 Å². The summed E-state index contributed by atoms with van der Waals surface area (Å²) in [6.45, 7) is 6.27. The number of carbonyl (C=O) groups is 3. The van der Waals surface area contributed by atoms with Crippen LogP contribution in [0, 0.1) is 0 Å². The lowest BCUT2D eigenvalue weighted by Crippen LogP contribution is -2.44. The van der Waals surface area contributed by atoms with Crippen molar-refractivity contribution in [1.82, 2.24) is 0 Å². The molecule has 2 fully saturated rings. The maximum absolute atomic E-state index is 13.4. The second kappa shape index (κ2) is 11.2. The number of esters is 2. The van der Waals surface area contributed by atoms with Crippen LogP contribution in [-0.4, -0.2) is 73.0 Å². The molecule has 3 aliphatic heterocycles. The quantitative estimate of drug-likeness (QED) is 0.366. The minimum Gasteiger partial charge on any atom is -0.463 e.